The summed E-state index contributed by atoms with van der Waals surface area (Å²) in [5.41, 5.74) is 1.04. The molecule has 0 saturated heterocycles. The second-order valence-electron chi connectivity index (χ2n) is 3.90. The van der Waals surface area contributed by atoms with E-state index in [4.69, 9.17) is 5.11 Å². The zero-order valence-corrected chi connectivity index (χ0v) is 10.5. The number of anilines is 1. The van der Waals surface area contributed by atoms with Crippen molar-refractivity contribution in [3.8, 4) is 0 Å². The molecule has 0 aromatic heterocycles. The van der Waals surface area contributed by atoms with E-state index in [-0.39, 0.29) is 16.7 Å². The molecule has 1 aromatic rings. The second kappa shape index (κ2) is 4.41. The molecule has 0 fully saturated rings. The first-order valence-corrected chi connectivity index (χ1v) is 6.24. The molecule has 90 valence electrons. The highest BCUT2D eigenvalue weighted by molar-refractivity contribution is 8.01. The number of amides is 1. The van der Waals surface area contributed by atoms with Gasteiger partial charge in [0.2, 0.25) is 5.91 Å². The number of hydrogen-bond donors (Lipinski definition) is 1. The number of thioether (sulfide) groups is 1. The maximum atomic E-state index is 11.9. The Morgan fingerprint density at radius 2 is 2.24 bits per heavy atom. The van der Waals surface area contributed by atoms with Gasteiger partial charge in [0.15, 0.2) is 0 Å². The van der Waals surface area contributed by atoms with Gasteiger partial charge in [0.1, 0.15) is 0 Å². The Kier molecular flexibility index (Phi) is 3.11. The van der Waals surface area contributed by atoms with Gasteiger partial charge < -0.3 is 10.0 Å². The summed E-state index contributed by atoms with van der Waals surface area (Å²) >= 11 is 1.45. The number of fused-ring (bicyclic) bond motifs is 1. The second-order valence-corrected chi connectivity index (χ2v) is 5.14. The molecule has 1 aliphatic heterocycles. The van der Waals surface area contributed by atoms with Gasteiger partial charge >= 0.3 is 5.97 Å². The summed E-state index contributed by atoms with van der Waals surface area (Å²) in [6.07, 6.45) is 0.741. The summed E-state index contributed by atoms with van der Waals surface area (Å²) < 4.78 is 0. The van der Waals surface area contributed by atoms with Crippen LogP contribution in [0.1, 0.15) is 23.7 Å². The van der Waals surface area contributed by atoms with Gasteiger partial charge in [-0.25, -0.2) is 4.79 Å². The predicted octanol–water partition coefficient (Wildman–Crippen LogP) is 2.23. The molecule has 1 atom stereocenters. The summed E-state index contributed by atoms with van der Waals surface area (Å²) in [5.74, 6) is -0.867. The predicted molar refractivity (Wildman–Crippen MR) is 66.7 cm³/mol. The molecule has 1 N–H and O–H groups in total. The highest BCUT2D eigenvalue weighted by Gasteiger charge is 2.30. The Morgan fingerprint density at radius 3 is 2.82 bits per heavy atom. The lowest BCUT2D eigenvalue weighted by atomic mass is 10.2. The lowest BCUT2D eigenvalue weighted by Crippen LogP contribution is -2.37. The standard InChI is InChI=1S/C12H13NO3S/c1-3-9-11(14)13(2)8-5-4-7(12(15)16)6-10(8)17-9/h4-6,9H,3H2,1-2H3,(H,15,16). The van der Waals surface area contributed by atoms with Gasteiger partial charge in [0.05, 0.1) is 16.5 Å². The normalized spacial score (nSPS) is 19.1. The van der Waals surface area contributed by atoms with Crippen molar-refractivity contribution in [1.29, 1.82) is 0 Å². The van der Waals surface area contributed by atoms with E-state index in [1.807, 2.05) is 6.92 Å². The van der Waals surface area contributed by atoms with E-state index >= 15 is 0 Å². The third kappa shape index (κ3) is 2.02. The number of carboxylic acid groups (broad SMARTS) is 1. The first kappa shape index (κ1) is 12.0. The molecule has 0 aliphatic carbocycles. The smallest absolute Gasteiger partial charge is 0.335 e. The molecule has 1 aromatic carbocycles. The quantitative estimate of drug-likeness (QED) is 0.875. The number of carbonyl (C=O) groups excluding carboxylic acids is 1. The third-order valence-corrected chi connectivity index (χ3v) is 4.21. The Hall–Kier alpha value is -1.49. The lowest BCUT2D eigenvalue weighted by molar-refractivity contribution is -0.118. The highest BCUT2D eigenvalue weighted by atomic mass is 32.2. The van der Waals surface area contributed by atoms with Crippen LogP contribution in [0.4, 0.5) is 5.69 Å². The van der Waals surface area contributed by atoms with Crippen LogP contribution < -0.4 is 4.90 Å². The van der Waals surface area contributed by atoms with Crippen LogP contribution in [0.5, 0.6) is 0 Å². The van der Waals surface area contributed by atoms with Gasteiger partial charge in [-0.15, -0.1) is 11.8 Å². The van der Waals surface area contributed by atoms with Gasteiger partial charge in [0.25, 0.3) is 0 Å². The Balaban J connectivity index is 2.46. The first-order valence-electron chi connectivity index (χ1n) is 5.36. The minimum Gasteiger partial charge on any atom is -0.478 e. The van der Waals surface area contributed by atoms with E-state index < -0.39 is 5.97 Å². The minimum absolute atomic E-state index is 0.0769. The molecular weight excluding hydrogens is 238 g/mol. The Morgan fingerprint density at radius 1 is 1.53 bits per heavy atom. The van der Waals surface area contributed by atoms with E-state index in [0.717, 1.165) is 17.0 Å². The summed E-state index contributed by atoms with van der Waals surface area (Å²) in [5, 5.41) is 8.82. The summed E-state index contributed by atoms with van der Waals surface area (Å²) in [4.78, 5) is 25.3. The fraction of sp³-hybridized carbons (Fsp3) is 0.333. The Bertz CT molecular complexity index is 487. The largest absolute Gasteiger partial charge is 0.478 e. The molecule has 1 heterocycles. The summed E-state index contributed by atoms with van der Waals surface area (Å²) in [6, 6.07) is 4.85. The zero-order chi connectivity index (χ0) is 12.6. The van der Waals surface area contributed by atoms with Crippen LogP contribution in [0.25, 0.3) is 0 Å². The molecule has 1 aliphatic rings. The zero-order valence-electron chi connectivity index (χ0n) is 9.64. The molecule has 5 heteroatoms. The molecule has 2 rings (SSSR count). The number of hydrogen-bond acceptors (Lipinski definition) is 3. The topological polar surface area (TPSA) is 57.6 Å². The molecular formula is C12H13NO3S. The van der Waals surface area contributed by atoms with Crippen molar-refractivity contribution >= 4 is 29.3 Å². The fourth-order valence-corrected chi connectivity index (χ4v) is 3.07. The molecule has 1 amide bonds. The SMILES string of the molecule is CCC1Sc2cc(C(=O)O)ccc2N(C)C1=O. The van der Waals surface area contributed by atoms with E-state index in [1.54, 1.807) is 24.1 Å². The van der Waals surface area contributed by atoms with Crippen LogP contribution in [0.3, 0.4) is 0 Å². The maximum absolute atomic E-state index is 11.9. The number of carbonyl (C=O) groups is 2. The Labute approximate surface area is 104 Å². The molecule has 0 saturated carbocycles. The molecule has 0 bridgehead atoms. The minimum atomic E-state index is -0.944. The number of benzene rings is 1. The summed E-state index contributed by atoms with van der Waals surface area (Å²) in [6.45, 7) is 1.95. The third-order valence-electron chi connectivity index (χ3n) is 2.81. The van der Waals surface area contributed by atoms with Crippen LogP contribution in [-0.4, -0.2) is 29.3 Å². The van der Waals surface area contributed by atoms with E-state index in [1.165, 1.54) is 17.8 Å². The van der Waals surface area contributed by atoms with E-state index in [9.17, 15) is 9.59 Å². The van der Waals surface area contributed by atoms with Crippen LogP contribution in [0, 0.1) is 0 Å². The van der Waals surface area contributed by atoms with Crippen LogP contribution >= 0.6 is 11.8 Å². The average Bonchev–Trinajstić information content (AvgIpc) is 2.33. The average molecular weight is 251 g/mol. The van der Waals surface area contributed by atoms with Crippen LogP contribution in [0.2, 0.25) is 0 Å². The van der Waals surface area contributed by atoms with Crippen molar-refractivity contribution in [1.82, 2.24) is 0 Å². The van der Waals surface area contributed by atoms with Crippen molar-refractivity contribution < 1.29 is 14.7 Å². The first-order chi connectivity index (χ1) is 8.04. The molecule has 1 unspecified atom stereocenters. The van der Waals surface area contributed by atoms with Crippen molar-refractivity contribution in [2.24, 2.45) is 0 Å². The fourth-order valence-electron chi connectivity index (χ4n) is 1.81. The van der Waals surface area contributed by atoms with Crippen molar-refractivity contribution in [2.75, 3.05) is 11.9 Å². The van der Waals surface area contributed by atoms with Crippen molar-refractivity contribution in [2.45, 2.75) is 23.5 Å². The maximum Gasteiger partial charge on any atom is 0.335 e. The molecule has 0 spiro atoms. The van der Waals surface area contributed by atoms with Gasteiger partial charge in [-0.1, -0.05) is 6.92 Å². The van der Waals surface area contributed by atoms with Crippen LogP contribution in [0.15, 0.2) is 23.1 Å². The number of rotatable bonds is 2. The van der Waals surface area contributed by atoms with E-state index in [2.05, 4.69) is 0 Å². The monoisotopic (exact) mass is 251 g/mol. The summed E-state index contributed by atoms with van der Waals surface area (Å²) in [7, 11) is 1.73. The van der Waals surface area contributed by atoms with Crippen molar-refractivity contribution in [3.63, 3.8) is 0 Å². The molecule has 17 heavy (non-hydrogen) atoms. The molecule has 4 nitrogen and oxygen atoms in total. The number of carboxylic acids is 1. The van der Waals surface area contributed by atoms with Gasteiger partial charge in [-0.3, -0.25) is 4.79 Å². The highest BCUT2D eigenvalue weighted by Crippen LogP contribution is 2.40. The lowest BCUT2D eigenvalue weighted by Gasteiger charge is -2.30. The van der Waals surface area contributed by atoms with E-state index in [0.29, 0.717) is 0 Å². The van der Waals surface area contributed by atoms with Crippen LogP contribution in [-0.2, 0) is 4.79 Å². The van der Waals surface area contributed by atoms with Crippen molar-refractivity contribution in [3.05, 3.63) is 23.8 Å². The number of aromatic carboxylic acids is 1. The van der Waals surface area contributed by atoms with Gasteiger partial charge in [0, 0.05) is 11.9 Å². The number of nitrogens with zero attached hydrogens (tertiary/aromatic N) is 1. The van der Waals surface area contributed by atoms with Gasteiger partial charge in [-0.2, -0.15) is 0 Å². The van der Waals surface area contributed by atoms with Gasteiger partial charge in [-0.05, 0) is 24.6 Å². The molecule has 0 radical (unpaired) electrons.